The van der Waals surface area contributed by atoms with Gasteiger partial charge in [-0.05, 0) is 29.4 Å². The summed E-state index contributed by atoms with van der Waals surface area (Å²) >= 11 is 1.61. The van der Waals surface area contributed by atoms with E-state index in [1.807, 2.05) is 23.1 Å². The highest BCUT2D eigenvalue weighted by Crippen LogP contribution is 2.31. The molecule has 1 amide bonds. The Labute approximate surface area is 116 Å². The largest absolute Gasteiger partial charge is 0.337 e. The second kappa shape index (κ2) is 4.32. The number of nitrogens with one attached hydrogen (secondary N) is 1. The molecule has 1 aromatic carbocycles. The number of thiophene rings is 1. The van der Waals surface area contributed by atoms with Crippen molar-refractivity contribution in [2.45, 2.75) is 0 Å². The molecule has 3 nitrogen and oxygen atoms in total. The number of carbonyl (C=O) groups excluding carboxylic acids is 1. The molecule has 0 spiro atoms. The first-order chi connectivity index (χ1) is 9.31. The Balaban J connectivity index is 1.60. The van der Waals surface area contributed by atoms with Gasteiger partial charge in [0.05, 0.1) is 4.88 Å². The topological polar surface area (TPSA) is 32.3 Å². The fourth-order valence-corrected chi connectivity index (χ4v) is 4.29. The van der Waals surface area contributed by atoms with E-state index in [1.54, 1.807) is 11.3 Å². The highest BCUT2D eigenvalue weighted by molar-refractivity contribution is 7.20. The van der Waals surface area contributed by atoms with Crippen molar-refractivity contribution in [3.8, 4) is 0 Å². The fraction of sp³-hybridized carbons (Fsp3) is 0.400. The Bertz CT molecular complexity index is 591. The van der Waals surface area contributed by atoms with Crippen molar-refractivity contribution in [3.05, 3.63) is 35.2 Å². The molecule has 3 heterocycles. The number of hydrogen-bond acceptors (Lipinski definition) is 3. The van der Waals surface area contributed by atoms with Crippen LogP contribution in [0.2, 0.25) is 0 Å². The number of nitrogens with zero attached hydrogens (tertiary/aromatic N) is 1. The second-order valence-electron chi connectivity index (χ2n) is 5.54. The van der Waals surface area contributed by atoms with Crippen LogP contribution >= 0.6 is 11.3 Å². The smallest absolute Gasteiger partial charge is 0.263 e. The number of likely N-dealkylation sites (tertiary alicyclic amines) is 1. The number of amides is 1. The molecule has 0 unspecified atom stereocenters. The summed E-state index contributed by atoms with van der Waals surface area (Å²) < 4.78 is 1.20. The van der Waals surface area contributed by atoms with E-state index in [1.165, 1.54) is 10.1 Å². The van der Waals surface area contributed by atoms with Crippen LogP contribution in [0.1, 0.15) is 9.67 Å². The normalized spacial score (nSPS) is 26.0. The zero-order valence-electron chi connectivity index (χ0n) is 10.6. The molecule has 0 saturated carbocycles. The molecule has 2 fully saturated rings. The van der Waals surface area contributed by atoms with Gasteiger partial charge in [-0.15, -0.1) is 11.3 Å². The minimum atomic E-state index is 0.218. The van der Waals surface area contributed by atoms with E-state index in [0.717, 1.165) is 31.1 Å². The van der Waals surface area contributed by atoms with E-state index in [-0.39, 0.29) is 5.91 Å². The fourth-order valence-electron chi connectivity index (χ4n) is 3.26. The molecule has 0 radical (unpaired) electrons. The molecule has 2 saturated heterocycles. The van der Waals surface area contributed by atoms with Gasteiger partial charge in [-0.2, -0.15) is 0 Å². The number of rotatable bonds is 1. The van der Waals surface area contributed by atoms with Crippen molar-refractivity contribution in [2.75, 3.05) is 26.2 Å². The van der Waals surface area contributed by atoms with Crippen LogP contribution in [0.25, 0.3) is 10.1 Å². The average molecular weight is 272 g/mol. The highest BCUT2D eigenvalue weighted by atomic mass is 32.1. The predicted octanol–water partition coefficient (Wildman–Crippen LogP) is 2.19. The van der Waals surface area contributed by atoms with E-state index >= 15 is 0 Å². The highest BCUT2D eigenvalue weighted by Gasteiger charge is 2.38. The van der Waals surface area contributed by atoms with E-state index in [4.69, 9.17) is 0 Å². The first kappa shape index (κ1) is 11.4. The quantitative estimate of drug-likeness (QED) is 0.863. The van der Waals surface area contributed by atoms with Gasteiger partial charge in [-0.1, -0.05) is 18.2 Å². The molecule has 0 aliphatic carbocycles. The molecule has 1 N–H and O–H groups in total. The first-order valence-electron chi connectivity index (χ1n) is 6.80. The molecule has 2 aliphatic heterocycles. The molecule has 4 heteroatoms. The Hall–Kier alpha value is -1.39. The maximum atomic E-state index is 12.6. The van der Waals surface area contributed by atoms with E-state index in [9.17, 15) is 4.79 Å². The lowest BCUT2D eigenvalue weighted by atomic mass is 10.0. The first-order valence-corrected chi connectivity index (χ1v) is 7.61. The third kappa shape index (κ3) is 1.86. The summed E-state index contributed by atoms with van der Waals surface area (Å²) in [6.45, 7) is 3.98. The summed E-state index contributed by atoms with van der Waals surface area (Å²) in [5.41, 5.74) is 0. The Morgan fingerprint density at radius 2 is 1.95 bits per heavy atom. The van der Waals surface area contributed by atoms with Crippen molar-refractivity contribution < 1.29 is 4.79 Å². The van der Waals surface area contributed by atoms with Crippen LogP contribution in [0.4, 0.5) is 0 Å². The van der Waals surface area contributed by atoms with Gasteiger partial charge in [0.25, 0.3) is 5.91 Å². The summed E-state index contributed by atoms with van der Waals surface area (Å²) in [6, 6.07) is 10.2. The SMILES string of the molecule is O=C(c1cc2ccccc2s1)N1C[C@H]2CNC[C@H]2C1. The van der Waals surface area contributed by atoms with Crippen LogP contribution in [-0.2, 0) is 0 Å². The summed E-state index contributed by atoms with van der Waals surface area (Å²) in [5.74, 6) is 1.55. The summed E-state index contributed by atoms with van der Waals surface area (Å²) in [7, 11) is 0. The van der Waals surface area contributed by atoms with E-state index in [2.05, 4.69) is 17.4 Å². The van der Waals surface area contributed by atoms with Gasteiger partial charge in [0, 0.05) is 30.9 Å². The van der Waals surface area contributed by atoms with Crippen molar-refractivity contribution >= 4 is 27.3 Å². The van der Waals surface area contributed by atoms with Gasteiger partial charge in [0.2, 0.25) is 0 Å². The minimum Gasteiger partial charge on any atom is -0.337 e. The lowest BCUT2D eigenvalue weighted by Gasteiger charge is -2.16. The van der Waals surface area contributed by atoms with Crippen molar-refractivity contribution in [2.24, 2.45) is 11.8 Å². The molecule has 98 valence electrons. The molecule has 2 atom stereocenters. The lowest BCUT2D eigenvalue weighted by Crippen LogP contribution is -2.31. The van der Waals surface area contributed by atoms with Crippen LogP contribution in [-0.4, -0.2) is 37.0 Å². The van der Waals surface area contributed by atoms with Gasteiger partial charge >= 0.3 is 0 Å². The van der Waals surface area contributed by atoms with Crippen LogP contribution in [0.15, 0.2) is 30.3 Å². The number of fused-ring (bicyclic) bond motifs is 2. The Kier molecular flexibility index (Phi) is 2.60. The van der Waals surface area contributed by atoms with Gasteiger partial charge in [0.15, 0.2) is 0 Å². The molecule has 4 rings (SSSR count). The zero-order valence-corrected chi connectivity index (χ0v) is 11.5. The van der Waals surface area contributed by atoms with Crippen molar-refractivity contribution in [1.82, 2.24) is 10.2 Å². The van der Waals surface area contributed by atoms with Crippen molar-refractivity contribution in [3.63, 3.8) is 0 Å². The van der Waals surface area contributed by atoms with Crippen LogP contribution in [0, 0.1) is 11.8 Å². The molecular weight excluding hydrogens is 256 g/mol. The molecule has 2 aromatic rings. The van der Waals surface area contributed by atoms with Crippen LogP contribution in [0.3, 0.4) is 0 Å². The standard InChI is InChI=1S/C15H16N2OS/c18-15(17-8-11-6-16-7-12(11)9-17)14-5-10-3-1-2-4-13(10)19-14/h1-5,11-12,16H,6-9H2/t11-,12+. The summed E-state index contributed by atoms with van der Waals surface area (Å²) in [4.78, 5) is 15.5. The molecule has 2 aliphatic rings. The third-order valence-electron chi connectivity index (χ3n) is 4.31. The Morgan fingerprint density at radius 3 is 2.68 bits per heavy atom. The maximum Gasteiger partial charge on any atom is 0.263 e. The number of benzene rings is 1. The number of hydrogen-bond donors (Lipinski definition) is 1. The predicted molar refractivity (Wildman–Crippen MR) is 77.6 cm³/mol. The maximum absolute atomic E-state index is 12.6. The van der Waals surface area contributed by atoms with E-state index in [0.29, 0.717) is 11.8 Å². The van der Waals surface area contributed by atoms with E-state index < -0.39 is 0 Å². The zero-order chi connectivity index (χ0) is 12.8. The van der Waals surface area contributed by atoms with Gasteiger partial charge in [0.1, 0.15) is 0 Å². The minimum absolute atomic E-state index is 0.218. The monoisotopic (exact) mass is 272 g/mol. The van der Waals surface area contributed by atoms with Crippen LogP contribution < -0.4 is 5.32 Å². The summed E-state index contributed by atoms with van der Waals surface area (Å²) in [5, 5.41) is 4.59. The van der Waals surface area contributed by atoms with Crippen LogP contribution in [0.5, 0.6) is 0 Å². The molecule has 0 bridgehead atoms. The molecular formula is C15H16N2OS. The van der Waals surface area contributed by atoms with Gasteiger partial charge < -0.3 is 10.2 Å². The van der Waals surface area contributed by atoms with Gasteiger partial charge in [-0.25, -0.2) is 0 Å². The van der Waals surface area contributed by atoms with Crippen molar-refractivity contribution in [1.29, 1.82) is 0 Å². The number of carbonyl (C=O) groups is 1. The van der Waals surface area contributed by atoms with Gasteiger partial charge in [-0.3, -0.25) is 4.79 Å². The lowest BCUT2D eigenvalue weighted by molar-refractivity contribution is 0.0786. The average Bonchev–Trinajstić information content (AvgIpc) is 3.10. The molecule has 19 heavy (non-hydrogen) atoms. The summed E-state index contributed by atoms with van der Waals surface area (Å²) in [6.07, 6.45) is 0. The third-order valence-corrected chi connectivity index (χ3v) is 5.42. The second-order valence-corrected chi connectivity index (χ2v) is 6.62. The molecule has 1 aromatic heterocycles. The Morgan fingerprint density at radius 1 is 1.21 bits per heavy atom.